The van der Waals surface area contributed by atoms with E-state index >= 15 is 0 Å². The number of carbonyl (C=O) groups is 2. The lowest BCUT2D eigenvalue weighted by Gasteiger charge is -2.28. The van der Waals surface area contributed by atoms with Gasteiger partial charge >= 0.3 is 0 Å². The van der Waals surface area contributed by atoms with Gasteiger partial charge in [-0.3, -0.25) is 14.3 Å². The fraction of sp³-hybridized carbons (Fsp3) is 0.444. The number of methoxy groups -OCH3 is 1. The minimum atomic E-state index is -0.378. The van der Waals surface area contributed by atoms with Crippen LogP contribution in [0.15, 0.2) is 71.5 Å². The molecule has 5 rings (SSSR count). The zero-order chi connectivity index (χ0) is 32.5. The second-order valence-electron chi connectivity index (χ2n) is 12.6. The van der Waals surface area contributed by atoms with Crippen molar-refractivity contribution >= 4 is 11.8 Å². The number of carbonyl (C=O) groups excluding carboxylic acids is 2. The third kappa shape index (κ3) is 8.56. The Morgan fingerprint density at radius 2 is 1.80 bits per heavy atom. The third-order valence-electron chi connectivity index (χ3n) is 8.44. The number of benzene rings is 2. The maximum absolute atomic E-state index is 13.8. The number of amides is 2. The third-order valence-corrected chi connectivity index (χ3v) is 8.44. The van der Waals surface area contributed by atoms with Crippen LogP contribution in [-0.2, 0) is 17.9 Å². The molecule has 4 aromatic rings. The summed E-state index contributed by atoms with van der Waals surface area (Å²) in [6, 6.07) is 17.3. The Hall–Kier alpha value is -4.60. The van der Waals surface area contributed by atoms with E-state index in [1.54, 1.807) is 7.11 Å². The predicted molar refractivity (Wildman–Crippen MR) is 175 cm³/mol. The Morgan fingerprint density at radius 3 is 2.50 bits per heavy atom. The van der Waals surface area contributed by atoms with Crippen molar-refractivity contribution in [1.29, 1.82) is 0 Å². The molecule has 1 unspecified atom stereocenters. The lowest BCUT2D eigenvalue weighted by molar-refractivity contribution is -0.121. The number of oxazole rings is 1. The average Bonchev–Trinajstić information content (AvgIpc) is 3.74. The lowest BCUT2D eigenvalue weighted by atomic mass is 9.87. The van der Waals surface area contributed by atoms with Crippen LogP contribution < -0.4 is 20.1 Å². The topological polar surface area (TPSA) is 121 Å². The molecule has 244 valence electrons. The van der Waals surface area contributed by atoms with E-state index in [1.807, 2.05) is 59.3 Å². The van der Waals surface area contributed by atoms with Crippen molar-refractivity contribution in [2.45, 2.75) is 84.5 Å². The van der Waals surface area contributed by atoms with Crippen LogP contribution in [0.3, 0.4) is 0 Å². The summed E-state index contributed by atoms with van der Waals surface area (Å²) >= 11 is 0. The van der Waals surface area contributed by atoms with Crippen LogP contribution in [0.25, 0.3) is 11.3 Å². The molecule has 0 radical (unpaired) electrons. The van der Waals surface area contributed by atoms with Gasteiger partial charge in [-0.1, -0.05) is 57.2 Å². The smallest absolute Gasteiger partial charge is 0.272 e. The first kappa shape index (κ1) is 32.8. The Bertz CT molecular complexity index is 1560. The maximum atomic E-state index is 13.8. The highest BCUT2D eigenvalue weighted by molar-refractivity contribution is 5.94. The Kier molecular flexibility index (Phi) is 11.1. The lowest BCUT2D eigenvalue weighted by Crippen LogP contribution is -2.40. The molecular formula is C36H45N5O5. The monoisotopic (exact) mass is 627 g/mol. The predicted octanol–water partition coefficient (Wildman–Crippen LogP) is 6.73. The van der Waals surface area contributed by atoms with Crippen LogP contribution in [0, 0.1) is 11.8 Å². The van der Waals surface area contributed by atoms with Crippen LogP contribution in [0.4, 0.5) is 0 Å². The molecule has 10 nitrogen and oxygen atoms in total. The van der Waals surface area contributed by atoms with Gasteiger partial charge in [0.15, 0.2) is 5.69 Å². The van der Waals surface area contributed by atoms with E-state index in [2.05, 4.69) is 36.4 Å². The van der Waals surface area contributed by atoms with Gasteiger partial charge in [-0.25, -0.2) is 4.98 Å². The molecular weight excluding hydrogens is 582 g/mol. The Balaban J connectivity index is 1.43. The van der Waals surface area contributed by atoms with Crippen LogP contribution in [0.1, 0.15) is 87.3 Å². The average molecular weight is 628 g/mol. The summed E-state index contributed by atoms with van der Waals surface area (Å²) in [5.74, 6) is 2.12. The summed E-state index contributed by atoms with van der Waals surface area (Å²) in [5, 5.41) is 10.9. The van der Waals surface area contributed by atoms with E-state index in [0.717, 1.165) is 42.5 Å². The van der Waals surface area contributed by atoms with Gasteiger partial charge in [-0.15, -0.1) is 0 Å². The molecule has 0 saturated heterocycles. The van der Waals surface area contributed by atoms with Gasteiger partial charge in [-0.05, 0) is 67.7 Å². The highest BCUT2D eigenvalue weighted by Gasteiger charge is 2.29. The number of aromatic nitrogens is 3. The molecule has 2 N–H and O–H groups in total. The van der Waals surface area contributed by atoms with Crippen molar-refractivity contribution in [3.05, 3.63) is 84.2 Å². The van der Waals surface area contributed by atoms with E-state index in [0.29, 0.717) is 42.0 Å². The quantitative estimate of drug-likeness (QED) is 0.159. The van der Waals surface area contributed by atoms with Crippen LogP contribution in [0.2, 0.25) is 0 Å². The van der Waals surface area contributed by atoms with Gasteiger partial charge < -0.3 is 24.5 Å². The highest BCUT2D eigenvalue weighted by Crippen LogP contribution is 2.42. The van der Waals surface area contributed by atoms with Crippen molar-refractivity contribution in [3.8, 4) is 22.8 Å². The highest BCUT2D eigenvalue weighted by atomic mass is 16.5. The van der Waals surface area contributed by atoms with E-state index in [4.69, 9.17) is 19.0 Å². The molecule has 0 spiro atoms. The molecule has 46 heavy (non-hydrogen) atoms. The Morgan fingerprint density at radius 1 is 1.04 bits per heavy atom. The number of rotatable bonds is 14. The fourth-order valence-corrected chi connectivity index (χ4v) is 6.08. The van der Waals surface area contributed by atoms with Crippen LogP contribution in [0.5, 0.6) is 11.5 Å². The molecule has 1 saturated carbocycles. The first-order valence-corrected chi connectivity index (χ1v) is 16.2. The number of hydrogen-bond acceptors (Lipinski definition) is 7. The molecule has 2 aromatic carbocycles. The van der Waals surface area contributed by atoms with Crippen LogP contribution in [-0.4, -0.2) is 39.7 Å². The van der Waals surface area contributed by atoms with Crippen molar-refractivity contribution in [3.63, 3.8) is 0 Å². The Labute approximate surface area is 270 Å². The van der Waals surface area contributed by atoms with E-state index in [-0.39, 0.29) is 42.8 Å². The molecule has 10 heteroatoms. The van der Waals surface area contributed by atoms with Gasteiger partial charge in [0, 0.05) is 12.5 Å². The molecule has 2 aromatic heterocycles. The van der Waals surface area contributed by atoms with Crippen LogP contribution >= 0.6 is 0 Å². The molecule has 1 aliphatic carbocycles. The van der Waals surface area contributed by atoms with Crippen molar-refractivity contribution in [1.82, 2.24) is 25.4 Å². The molecule has 1 aliphatic rings. The largest absolute Gasteiger partial charge is 0.496 e. The van der Waals surface area contributed by atoms with E-state index in [1.165, 1.54) is 12.5 Å². The molecule has 0 bridgehead atoms. The summed E-state index contributed by atoms with van der Waals surface area (Å²) in [5.41, 5.74) is 2.87. The second-order valence-corrected chi connectivity index (χ2v) is 12.6. The summed E-state index contributed by atoms with van der Waals surface area (Å²) in [7, 11) is 1.64. The number of nitrogens with zero attached hydrogens (tertiary/aromatic N) is 3. The van der Waals surface area contributed by atoms with Gasteiger partial charge in [0.1, 0.15) is 24.4 Å². The second kappa shape index (κ2) is 15.6. The van der Waals surface area contributed by atoms with Gasteiger partial charge in [-0.2, -0.15) is 5.10 Å². The zero-order valence-electron chi connectivity index (χ0n) is 27.2. The molecule has 1 atom stereocenters. The maximum Gasteiger partial charge on any atom is 0.272 e. The molecule has 0 aliphatic heterocycles. The standard InChI is InChI=1S/C36H45N5O5/c1-24(2)19-27(20-33(42)38-22-34-37-17-18-45-34)39-36(43)29-21-30(41(40-29)28-15-13-25(3)14-16-28)35-31(44-4)11-8-12-32(35)46-23-26-9-6-5-7-10-26/h5-12,17-18,21,24-25,27-28H,13-16,19-20,22-23H2,1-4H3,(H,38,42)(H,39,43). The summed E-state index contributed by atoms with van der Waals surface area (Å²) in [4.78, 5) is 30.7. The van der Waals surface area contributed by atoms with Crippen molar-refractivity contribution in [2.24, 2.45) is 11.8 Å². The summed E-state index contributed by atoms with van der Waals surface area (Å²) in [6.07, 6.45) is 7.88. The van der Waals surface area contributed by atoms with E-state index in [9.17, 15) is 9.59 Å². The fourth-order valence-electron chi connectivity index (χ4n) is 6.08. The number of ether oxygens (including phenoxy) is 2. The zero-order valence-corrected chi connectivity index (χ0v) is 27.2. The molecule has 2 amide bonds. The minimum absolute atomic E-state index is 0.128. The number of nitrogens with one attached hydrogen (secondary N) is 2. The first-order chi connectivity index (χ1) is 22.3. The number of hydrogen-bond donors (Lipinski definition) is 2. The van der Waals surface area contributed by atoms with Crippen molar-refractivity contribution in [2.75, 3.05) is 7.11 Å². The van der Waals surface area contributed by atoms with Gasteiger partial charge in [0.2, 0.25) is 11.8 Å². The van der Waals surface area contributed by atoms with Crippen molar-refractivity contribution < 1.29 is 23.5 Å². The van der Waals surface area contributed by atoms with Gasteiger partial charge in [0.05, 0.1) is 37.2 Å². The summed E-state index contributed by atoms with van der Waals surface area (Å²) < 4.78 is 19.4. The van der Waals surface area contributed by atoms with E-state index < -0.39 is 0 Å². The normalized spacial score (nSPS) is 17.0. The first-order valence-electron chi connectivity index (χ1n) is 16.2. The minimum Gasteiger partial charge on any atom is -0.496 e. The van der Waals surface area contributed by atoms with Gasteiger partial charge in [0.25, 0.3) is 5.91 Å². The molecule has 2 heterocycles. The molecule has 1 fully saturated rings. The summed E-state index contributed by atoms with van der Waals surface area (Å²) in [6.45, 7) is 7.00. The SMILES string of the molecule is COc1cccc(OCc2ccccc2)c1-c1cc(C(=O)NC(CC(=O)NCc2ncco2)CC(C)C)nn1C1CCC(C)CC1.